The zero-order valence-corrected chi connectivity index (χ0v) is 11.9. The predicted molar refractivity (Wildman–Crippen MR) is 82.1 cm³/mol. The molecule has 1 saturated heterocycles. The molecule has 20 heavy (non-hydrogen) atoms. The van der Waals surface area contributed by atoms with Gasteiger partial charge in [0, 0.05) is 36.6 Å². The highest BCUT2D eigenvalue weighted by molar-refractivity contribution is 5.91. The highest BCUT2D eigenvalue weighted by Gasteiger charge is 2.14. The molecule has 0 amide bonds. The lowest BCUT2D eigenvalue weighted by molar-refractivity contribution is 0.123. The fourth-order valence-electron chi connectivity index (χ4n) is 2.67. The molecule has 4 heteroatoms. The number of pyridine rings is 1. The molecular weight excluding hydrogens is 250 g/mol. The lowest BCUT2D eigenvalue weighted by Gasteiger charge is -2.29. The fourth-order valence-corrected chi connectivity index (χ4v) is 2.67. The van der Waals surface area contributed by atoms with E-state index in [1.54, 1.807) is 0 Å². The van der Waals surface area contributed by atoms with Gasteiger partial charge in [-0.1, -0.05) is 18.2 Å². The van der Waals surface area contributed by atoms with Crippen LogP contribution < -0.4 is 10.6 Å². The second-order valence-corrected chi connectivity index (χ2v) is 5.43. The summed E-state index contributed by atoms with van der Waals surface area (Å²) in [6.07, 6.45) is 0.813. The van der Waals surface area contributed by atoms with Crippen LogP contribution in [0, 0.1) is 0 Å². The van der Waals surface area contributed by atoms with Crippen molar-refractivity contribution in [2.24, 2.45) is 5.73 Å². The third-order valence-corrected chi connectivity index (χ3v) is 3.64. The molecule has 3 rings (SSSR count). The molecule has 0 radical (unpaired) electrons. The largest absolute Gasteiger partial charge is 0.378 e. The maximum atomic E-state index is 5.88. The topological polar surface area (TPSA) is 51.4 Å². The number of fused-ring (bicyclic) bond motifs is 1. The quantitative estimate of drug-likeness (QED) is 0.927. The molecule has 1 aliphatic rings. The number of hydrogen-bond donors (Lipinski definition) is 1. The molecule has 1 fully saturated rings. The summed E-state index contributed by atoms with van der Waals surface area (Å²) in [7, 11) is 0. The van der Waals surface area contributed by atoms with Crippen LogP contribution in [0.5, 0.6) is 0 Å². The van der Waals surface area contributed by atoms with Crippen molar-refractivity contribution in [3.63, 3.8) is 0 Å². The fraction of sp³-hybridized carbons (Fsp3) is 0.438. The summed E-state index contributed by atoms with van der Waals surface area (Å²) in [6.45, 7) is 5.45. The van der Waals surface area contributed by atoms with Crippen molar-refractivity contribution in [2.75, 3.05) is 31.2 Å². The summed E-state index contributed by atoms with van der Waals surface area (Å²) in [5.74, 6) is 0. The number of ether oxygens (including phenoxy) is 1. The Morgan fingerprint density at radius 3 is 2.80 bits per heavy atom. The van der Waals surface area contributed by atoms with Crippen LogP contribution in [0.4, 0.5) is 5.69 Å². The zero-order valence-electron chi connectivity index (χ0n) is 11.9. The zero-order chi connectivity index (χ0) is 13.9. The van der Waals surface area contributed by atoms with Gasteiger partial charge in [-0.05, 0) is 19.1 Å². The van der Waals surface area contributed by atoms with Gasteiger partial charge in [0.25, 0.3) is 0 Å². The van der Waals surface area contributed by atoms with Gasteiger partial charge in [0.1, 0.15) is 0 Å². The summed E-state index contributed by atoms with van der Waals surface area (Å²) in [6, 6.07) is 10.7. The Bertz CT molecular complexity index is 591. The van der Waals surface area contributed by atoms with Crippen molar-refractivity contribution in [1.82, 2.24) is 4.98 Å². The number of para-hydroxylation sites is 1. The van der Waals surface area contributed by atoms with Crippen molar-refractivity contribution >= 4 is 16.6 Å². The maximum absolute atomic E-state index is 5.88. The predicted octanol–water partition coefficient (Wildman–Crippen LogP) is 1.96. The second-order valence-electron chi connectivity index (χ2n) is 5.43. The molecule has 0 saturated carbocycles. The SMILES string of the molecule is CC(N)Cc1ccc2cccc(N3CCOCC3)c2n1. The molecule has 2 N–H and O–H groups in total. The lowest BCUT2D eigenvalue weighted by atomic mass is 10.1. The van der Waals surface area contributed by atoms with Crippen molar-refractivity contribution in [1.29, 1.82) is 0 Å². The monoisotopic (exact) mass is 271 g/mol. The minimum atomic E-state index is 0.135. The summed E-state index contributed by atoms with van der Waals surface area (Å²) in [5.41, 5.74) is 9.23. The van der Waals surface area contributed by atoms with E-state index in [-0.39, 0.29) is 6.04 Å². The molecule has 1 unspecified atom stereocenters. The van der Waals surface area contributed by atoms with Crippen LogP contribution in [0.2, 0.25) is 0 Å². The van der Waals surface area contributed by atoms with E-state index in [0.717, 1.165) is 43.9 Å². The molecule has 2 heterocycles. The minimum absolute atomic E-state index is 0.135. The van der Waals surface area contributed by atoms with Crippen molar-refractivity contribution in [3.05, 3.63) is 36.0 Å². The molecule has 1 atom stereocenters. The van der Waals surface area contributed by atoms with E-state index in [1.807, 2.05) is 6.92 Å². The van der Waals surface area contributed by atoms with Crippen molar-refractivity contribution in [3.8, 4) is 0 Å². The first-order valence-electron chi connectivity index (χ1n) is 7.21. The molecule has 0 bridgehead atoms. The van der Waals surface area contributed by atoms with Gasteiger partial charge in [-0.25, -0.2) is 0 Å². The average molecular weight is 271 g/mol. The van der Waals surface area contributed by atoms with Gasteiger partial charge in [0.05, 0.1) is 24.4 Å². The van der Waals surface area contributed by atoms with Gasteiger partial charge in [-0.15, -0.1) is 0 Å². The maximum Gasteiger partial charge on any atom is 0.0938 e. The van der Waals surface area contributed by atoms with Crippen LogP contribution in [-0.2, 0) is 11.2 Å². The molecule has 0 aliphatic carbocycles. The third kappa shape index (κ3) is 2.76. The molecule has 1 aliphatic heterocycles. The van der Waals surface area contributed by atoms with E-state index in [2.05, 4.69) is 35.2 Å². The van der Waals surface area contributed by atoms with Crippen LogP contribution >= 0.6 is 0 Å². The van der Waals surface area contributed by atoms with Gasteiger partial charge >= 0.3 is 0 Å². The number of nitrogens with two attached hydrogens (primary N) is 1. The summed E-state index contributed by atoms with van der Waals surface area (Å²) in [4.78, 5) is 7.18. The number of anilines is 1. The van der Waals surface area contributed by atoms with E-state index in [9.17, 15) is 0 Å². The van der Waals surface area contributed by atoms with Crippen LogP contribution in [0.1, 0.15) is 12.6 Å². The van der Waals surface area contributed by atoms with E-state index in [0.29, 0.717) is 0 Å². The van der Waals surface area contributed by atoms with Gasteiger partial charge < -0.3 is 15.4 Å². The molecular formula is C16H21N3O. The van der Waals surface area contributed by atoms with Gasteiger partial charge in [0.2, 0.25) is 0 Å². The highest BCUT2D eigenvalue weighted by atomic mass is 16.5. The highest BCUT2D eigenvalue weighted by Crippen LogP contribution is 2.26. The average Bonchev–Trinajstić information content (AvgIpc) is 2.47. The summed E-state index contributed by atoms with van der Waals surface area (Å²) >= 11 is 0. The van der Waals surface area contributed by atoms with Crippen molar-refractivity contribution in [2.45, 2.75) is 19.4 Å². The summed E-state index contributed by atoms with van der Waals surface area (Å²) < 4.78 is 5.43. The smallest absolute Gasteiger partial charge is 0.0938 e. The molecule has 106 valence electrons. The van der Waals surface area contributed by atoms with E-state index >= 15 is 0 Å². The number of rotatable bonds is 3. The first-order chi connectivity index (χ1) is 9.74. The van der Waals surface area contributed by atoms with E-state index < -0.39 is 0 Å². The van der Waals surface area contributed by atoms with E-state index in [4.69, 9.17) is 15.5 Å². The van der Waals surface area contributed by atoms with Crippen LogP contribution in [-0.4, -0.2) is 37.3 Å². The number of nitrogens with zero attached hydrogens (tertiary/aromatic N) is 2. The Hall–Kier alpha value is -1.65. The molecule has 4 nitrogen and oxygen atoms in total. The van der Waals surface area contributed by atoms with E-state index in [1.165, 1.54) is 11.1 Å². The van der Waals surface area contributed by atoms with Gasteiger partial charge in [-0.3, -0.25) is 4.98 Å². The Labute approximate surface area is 119 Å². The normalized spacial score (nSPS) is 17.4. The third-order valence-electron chi connectivity index (χ3n) is 3.64. The Morgan fingerprint density at radius 1 is 1.25 bits per heavy atom. The Morgan fingerprint density at radius 2 is 2.05 bits per heavy atom. The molecule has 0 spiro atoms. The first kappa shape index (κ1) is 13.3. The standard InChI is InChI=1S/C16H21N3O/c1-12(17)11-14-6-5-13-3-2-4-15(16(13)18-14)19-7-9-20-10-8-19/h2-6,12H,7-11,17H2,1H3. The summed E-state index contributed by atoms with van der Waals surface area (Å²) in [5, 5.41) is 1.18. The lowest BCUT2D eigenvalue weighted by Crippen LogP contribution is -2.36. The van der Waals surface area contributed by atoms with Crippen LogP contribution in [0.25, 0.3) is 10.9 Å². The molecule has 1 aromatic heterocycles. The van der Waals surface area contributed by atoms with Crippen molar-refractivity contribution < 1.29 is 4.74 Å². The Balaban J connectivity index is 2.01. The molecule has 2 aromatic rings. The van der Waals surface area contributed by atoms with Gasteiger partial charge in [0.15, 0.2) is 0 Å². The number of hydrogen-bond acceptors (Lipinski definition) is 4. The number of aromatic nitrogens is 1. The van der Waals surface area contributed by atoms with Crippen LogP contribution in [0.3, 0.4) is 0 Å². The Kier molecular flexibility index (Phi) is 3.85. The van der Waals surface area contributed by atoms with Gasteiger partial charge in [-0.2, -0.15) is 0 Å². The first-order valence-corrected chi connectivity index (χ1v) is 7.21. The number of morpholine rings is 1. The van der Waals surface area contributed by atoms with Crippen LogP contribution in [0.15, 0.2) is 30.3 Å². The molecule has 1 aromatic carbocycles. The minimum Gasteiger partial charge on any atom is -0.378 e. The second kappa shape index (κ2) is 5.77. The number of benzene rings is 1.